The SMILES string of the molecule is C=CCN(CC(=O)N(CCc1ccc(OC)c(OC)c1)Cc1sccc1C)C(=O)c1ccc(Cl)cc1. The fourth-order valence-electron chi connectivity index (χ4n) is 3.74. The van der Waals surface area contributed by atoms with Crippen LogP contribution in [-0.4, -0.2) is 55.5 Å². The summed E-state index contributed by atoms with van der Waals surface area (Å²) in [7, 11) is 3.20. The number of nitrogens with zero attached hydrogens (tertiary/aromatic N) is 2. The smallest absolute Gasteiger partial charge is 0.254 e. The molecule has 2 amide bonds. The summed E-state index contributed by atoms with van der Waals surface area (Å²) in [5.41, 5.74) is 2.64. The van der Waals surface area contributed by atoms with Crippen LogP contribution in [0.2, 0.25) is 5.02 Å². The number of carbonyl (C=O) groups is 2. The molecule has 36 heavy (non-hydrogen) atoms. The van der Waals surface area contributed by atoms with Gasteiger partial charge in [0, 0.05) is 28.6 Å². The first-order valence-corrected chi connectivity index (χ1v) is 12.8. The molecule has 2 aromatic carbocycles. The number of carbonyl (C=O) groups excluding carboxylic acids is 2. The maximum absolute atomic E-state index is 13.5. The van der Waals surface area contributed by atoms with Gasteiger partial charge in [0.05, 0.1) is 20.8 Å². The van der Waals surface area contributed by atoms with Crippen LogP contribution in [0.3, 0.4) is 0 Å². The van der Waals surface area contributed by atoms with Crippen molar-refractivity contribution < 1.29 is 19.1 Å². The lowest BCUT2D eigenvalue weighted by atomic mass is 10.1. The molecule has 1 aromatic heterocycles. The van der Waals surface area contributed by atoms with Gasteiger partial charge >= 0.3 is 0 Å². The molecule has 3 rings (SSSR count). The highest BCUT2D eigenvalue weighted by atomic mass is 35.5. The van der Waals surface area contributed by atoms with Crippen molar-refractivity contribution in [1.29, 1.82) is 0 Å². The van der Waals surface area contributed by atoms with E-state index in [0.29, 0.717) is 41.6 Å². The third kappa shape index (κ3) is 7.12. The summed E-state index contributed by atoms with van der Waals surface area (Å²) in [4.78, 5) is 31.1. The van der Waals surface area contributed by atoms with Crippen LogP contribution in [0.1, 0.15) is 26.4 Å². The van der Waals surface area contributed by atoms with Crippen LogP contribution < -0.4 is 9.47 Å². The molecule has 0 fully saturated rings. The minimum absolute atomic E-state index is 0.0517. The van der Waals surface area contributed by atoms with E-state index < -0.39 is 0 Å². The Morgan fingerprint density at radius 2 is 1.75 bits per heavy atom. The van der Waals surface area contributed by atoms with Gasteiger partial charge < -0.3 is 19.3 Å². The van der Waals surface area contributed by atoms with Gasteiger partial charge in [-0.2, -0.15) is 0 Å². The van der Waals surface area contributed by atoms with Crippen LogP contribution in [0.4, 0.5) is 0 Å². The fraction of sp³-hybridized carbons (Fsp3) is 0.286. The molecular weight excluding hydrogens is 496 g/mol. The number of amides is 2. The van der Waals surface area contributed by atoms with Crippen molar-refractivity contribution in [3.05, 3.63) is 93.2 Å². The average Bonchev–Trinajstić information content (AvgIpc) is 3.29. The van der Waals surface area contributed by atoms with Crippen molar-refractivity contribution >= 4 is 34.8 Å². The van der Waals surface area contributed by atoms with E-state index in [2.05, 4.69) is 6.58 Å². The molecule has 3 aromatic rings. The van der Waals surface area contributed by atoms with E-state index in [1.54, 1.807) is 60.8 Å². The maximum Gasteiger partial charge on any atom is 0.254 e. The second kappa shape index (κ2) is 13.1. The van der Waals surface area contributed by atoms with Gasteiger partial charge in [-0.05, 0) is 72.3 Å². The third-order valence-corrected chi connectivity index (χ3v) is 7.09. The van der Waals surface area contributed by atoms with Crippen LogP contribution in [-0.2, 0) is 17.8 Å². The highest BCUT2D eigenvalue weighted by molar-refractivity contribution is 7.10. The molecule has 0 atom stereocenters. The minimum atomic E-state index is -0.243. The molecule has 0 aliphatic rings. The first-order valence-electron chi connectivity index (χ1n) is 11.5. The minimum Gasteiger partial charge on any atom is -0.493 e. The van der Waals surface area contributed by atoms with E-state index in [0.717, 1.165) is 16.0 Å². The number of benzene rings is 2. The second-order valence-electron chi connectivity index (χ2n) is 8.26. The molecule has 0 saturated heterocycles. The number of hydrogen-bond acceptors (Lipinski definition) is 5. The number of halogens is 1. The molecule has 0 radical (unpaired) electrons. The Kier molecular flexibility index (Phi) is 9.96. The van der Waals surface area contributed by atoms with Gasteiger partial charge in [-0.3, -0.25) is 9.59 Å². The summed E-state index contributed by atoms with van der Waals surface area (Å²) in [5.74, 6) is 0.927. The lowest BCUT2D eigenvalue weighted by Gasteiger charge is -2.27. The van der Waals surface area contributed by atoms with Gasteiger partial charge in [0.15, 0.2) is 11.5 Å². The fourth-order valence-corrected chi connectivity index (χ4v) is 4.79. The number of thiophene rings is 1. The zero-order chi connectivity index (χ0) is 26.1. The lowest BCUT2D eigenvalue weighted by Crippen LogP contribution is -2.43. The number of hydrogen-bond donors (Lipinski definition) is 0. The Hall–Kier alpha value is -3.29. The lowest BCUT2D eigenvalue weighted by molar-refractivity contribution is -0.132. The molecule has 8 heteroatoms. The molecule has 0 saturated carbocycles. The molecule has 0 spiro atoms. The van der Waals surface area contributed by atoms with Gasteiger partial charge in [-0.1, -0.05) is 23.7 Å². The highest BCUT2D eigenvalue weighted by Crippen LogP contribution is 2.28. The number of methoxy groups -OCH3 is 2. The number of rotatable bonds is 12. The Balaban J connectivity index is 1.79. The molecule has 190 valence electrons. The Bertz CT molecular complexity index is 1190. The zero-order valence-corrected chi connectivity index (χ0v) is 22.4. The Morgan fingerprint density at radius 1 is 1.03 bits per heavy atom. The normalized spacial score (nSPS) is 10.6. The van der Waals surface area contributed by atoms with Crippen LogP contribution in [0.5, 0.6) is 11.5 Å². The predicted molar refractivity (Wildman–Crippen MR) is 145 cm³/mol. The molecule has 0 aliphatic carbocycles. The van der Waals surface area contributed by atoms with Gasteiger partial charge in [0.25, 0.3) is 5.91 Å². The van der Waals surface area contributed by atoms with Crippen LogP contribution in [0, 0.1) is 6.92 Å². The quantitative estimate of drug-likeness (QED) is 0.287. The highest BCUT2D eigenvalue weighted by Gasteiger charge is 2.23. The summed E-state index contributed by atoms with van der Waals surface area (Å²) in [5, 5.41) is 2.57. The van der Waals surface area contributed by atoms with E-state index in [1.165, 1.54) is 4.90 Å². The molecular formula is C28H31ClN2O4S. The summed E-state index contributed by atoms with van der Waals surface area (Å²) in [6, 6.07) is 14.4. The summed E-state index contributed by atoms with van der Waals surface area (Å²) < 4.78 is 10.8. The topological polar surface area (TPSA) is 59.1 Å². The molecule has 1 heterocycles. The van der Waals surface area contributed by atoms with Gasteiger partial charge in [-0.15, -0.1) is 17.9 Å². The molecule has 0 N–H and O–H groups in total. The summed E-state index contributed by atoms with van der Waals surface area (Å²) >= 11 is 7.59. The largest absolute Gasteiger partial charge is 0.493 e. The van der Waals surface area contributed by atoms with Crippen molar-refractivity contribution in [3.8, 4) is 11.5 Å². The second-order valence-corrected chi connectivity index (χ2v) is 9.70. The molecule has 6 nitrogen and oxygen atoms in total. The standard InChI is InChI=1S/C28H31ClN2O4S/c1-5-14-31(28(33)22-7-9-23(29)10-8-22)19-27(32)30(18-26-20(2)13-16-36-26)15-12-21-6-11-24(34-3)25(17-21)35-4/h5-11,13,16-17H,1,12,14-15,18-19H2,2-4H3. The van der Waals surface area contributed by atoms with E-state index in [4.69, 9.17) is 21.1 Å². The molecule has 0 unspecified atom stereocenters. The van der Waals surface area contributed by atoms with Gasteiger partial charge in [0.2, 0.25) is 5.91 Å². The van der Waals surface area contributed by atoms with Gasteiger partial charge in [-0.25, -0.2) is 0 Å². The Labute approximate surface area is 221 Å². The van der Waals surface area contributed by atoms with Crippen molar-refractivity contribution in [2.75, 3.05) is 33.9 Å². The van der Waals surface area contributed by atoms with Crippen molar-refractivity contribution in [3.63, 3.8) is 0 Å². The van der Waals surface area contributed by atoms with Crippen molar-refractivity contribution in [2.45, 2.75) is 19.9 Å². The number of ether oxygens (including phenoxy) is 2. The van der Waals surface area contributed by atoms with E-state index in [9.17, 15) is 9.59 Å². The summed E-state index contributed by atoms with van der Waals surface area (Å²) in [6.45, 7) is 6.97. The molecule has 0 bridgehead atoms. The zero-order valence-electron chi connectivity index (χ0n) is 20.8. The monoisotopic (exact) mass is 526 g/mol. The first kappa shape index (κ1) is 27.3. The van der Waals surface area contributed by atoms with E-state index in [1.807, 2.05) is 36.6 Å². The maximum atomic E-state index is 13.5. The number of aryl methyl sites for hydroxylation is 1. The average molecular weight is 527 g/mol. The summed E-state index contributed by atoms with van der Waals surface area (Å²) in [6.07, 6.45) is 2.25. The van der Waals surface area contributed by atoms with E-state index >= 15 is 0 Å². The van der Waals surface area contributed by atoms with Gasteiger partial charge in [0.1, 0.15) is 6.54 Å². The Morgan fingerprint density at radius 3 is 2.36 bits per heavy atom. The first-order chi connectivity index (χ1) is 17.4. The molecule has 0 aliphatic heterocycles. The van der Waals surface area contributed by atoms with Crippen LogP contribution in [0.25, 0.3) is 0 Å². The third-order valence-electron chi connectivity index (χ3n) is 5.83. The van der Waals surface area contributed by atoms with E-state index in [-0.39, 0.29) is 24.9 Å². The van der Waals surface area contributed by atoms with Crippen LogP contribution >= 0.6 is 22.9 Å². The van der Waals surface area contributed by atoms with Crippen molar-refractivity contribution in [1.82, 2.24) is 9.80 Å². The van der Waals surface area contributed by atoms with Crippen molar-refractivity contribution in [2.24, 2.45) is 0 Å². The van der Waals surface area contributed by atoms with Crippen LogP contribution in [0.15, 0.2) is 66.6 Å². The predicted octanol–water partition coefficient (Wildman–Crippen LogP) is 5.63.